The average molecular weight is 300 g/mol. The van der Waals surface area contributed by atoms with E-state index >= 15 is 0 Å². The van der Waals surface area contributed by atoms with E-state index in [4.69, 9.17) is 0 Å². The van der Waals surface area contributed by atoms with Gasteiger partial charge in [0.15, 0.2) is 5.41 Å². The molecular formula is C13H16O8. The highest BCUT2D eigenvalue weighted by molar-refractivity contribution is 6.09. The van der Waals surface area contributed by atoms with Crippen LogP contribution in [0.3, 0.4) is 0 Å². The molecule has 0 aromatic heterocycles. The first-order chi connectivity index (χ1) is 9.79. The highest BCUT2D eigenvalue weighted by Crippen LogP contribution is 2.68. The van der Waals surface area contributed by atoms with Gasteiger partial charge in [-0.05, 0) is 25.2 Å². The molecule has 0 spiro atoms. The number of rotatable bonds is 4. The van der Waals surface area contributed by atoms with Crippen LogP contribution in [0.2, 0.25) is 0 Å². The van der Waals surface area contributed by atoms with Gasteiger partial charge in [-0.3, -0.25) is 19.2 Å². The number of hydrogen-bond donors (Lipinski definition) is 2. The highest BCUT2D eigenvalue weighted by Gasteiger charge is 2.80. The quantitative estimate of drug-likeness (QED) is 0.544. The van der Waals surface area contributed by atoms with E-state index in [1.54, 1.807) is 0 Å². The maximum absolute atomic E-state index is 12.2. The zero-order chi connectivity index (χ0) is 16.0. The second-order valence-electron chi connectivity index (χ2n) is 5.50. The second-order valence-corrected chi connectivity index (χ2v) is 5.50. The molecule has 8 nitrogen and oxygen atoms in total. The molecule has 0 aliphatic heterocycles. The van der Waals surface area contributed by atoms with Gasteiger partial charge >= 0.3 is 23.9 Å². The lowest BCUT2D eigenvalue weighted by atomic mass is 9.57. The summed E-state index contributed by atoms with van der Waals surface area (Å²) in [6.07, 6.45) is 0.450. The van der Waals surface area contributed by atoms with Gasteiger partial charge in [0.2, 0.25) is 0 Å². The number of aliphatic carboxylic acids is 2. The maximum atomic E-state index is 12.2. The van der Waals surface area contributed by atoms with Crippen molar-refractivity contribution in [3.63, 3.8) is 0 Å². The fraction of sp³-hybridized carbons (Fsp3) is 0.692. The van der Waals surface area contributed by atoms with Crippen LogP contribution in [0, 0.1) is 22.7 Å². The van der Waals surface area contributed by atoms with Gasteiger partial charge < -0.3 is 19.7 Å². The molecule has 2 N–H and O–H groups in total. The van der Waals surface area contributed by atoms with E-state index in [-0.39, 0.29) is 12.8 Å². The number of esters is 2. The number of carbonyl (C=O) groups is 4. The zero-order valence-corrected chi connectivity index (χ0v) is 11.6. The first-order valence-corrected chi connectivity index (χ1v) is 6.42. The second kappa shape index (κ2) is 4.71. The third kappa shape index (κ3) is 1.55. The van der Waals surface area contributed by atoms with Crippen LogP contribution < -0.4 is 0 Å². The first kappa shape index (κ1) is 15.3. The Kier molecular flexibility index (Phi) is 3.43. The van der Waals surface area contributed by atoms with Gasteiger partial charge in [-0.15, -0.1) is 0 Å². The fourth-order valence-electron chi connectivity index (χ4n) is 4.21. The average Bonchev–Trinajstić information content (AvgIpc) is 3.00. The van der Waals surface area contributed by atoms with E-state index in [9.17, 15) is 29.4 Å². The summed E-state index contributed by atoms with van der Waals surface area (Å²) in [5.74, 6) is -7.24. The van der Waals surface area contributed by atoms with Crippen molar-refractivity contribution >= 4 is 23.9 Å². The van der Waals surface area contributed by atoms with E-state index in [0.717, 1.165) is 14.2 Å². The molecule has 116 valence electrons. The third-order valence-electron chi connectivity index (χ3n) is 4.93. The van der Waals surface area contributed by atoms with Crippen molar-refractivity contribution in [1.82, 2.24) is 0 Å². The predicted octanol–water partition coefficient (Wildman–Crippen LogP) is -0.0957. The van der Waals surface area contributed by atoms with Crippen LogP contribution in [0.5, 0.6) is 0 Å². The summed E-state index contributed by atoms with van der Waals surface area (Å²) in [6.45, 7) is 0. The van der Waals surface area contributed by atoms with Crippen molar-refractivity contribution in [2.45, 2.75) is 19.3 Å². The lowest BCUT2D eigenvalue weighted by Crippen LogP contribution is -2.60. The number of carboxylic acid groups (broad SMARTS) is 2. The van der Waals surface area contributed by atoms with Gasteiger partial charge in [-0.1, -0.05) is 0 Å². The van der Waals surface area contributed by atoms with E-state index in [0.29, 0.717) is 6.42 Å². The number of carboxylic acids is 2. The monoisotopic (exact) mass is 300 g/mol. The van der Waals surface area contributed by atoms with Gasteiger partial charge in [-0.2, -0.15) is 0 Å². The van der Waals surface area contributed by atoms with E-state index in [1.165, 1.54) is 0 Å². The summed E-state index contributed by atoms with van der Waals surface area (Å²) in [5, 5.41) is 19.1. The standard InChI is InChI=1S/C13H16O8/c1-20-10(18)12-4-3-6(5-12)7(8(14)15)13(12,9(16)17)11(19)21-2/h6-7H,3-5H2,1-2H3,(H,14,15)(H,16,17). The number of fused-ring (bicyclic) bond motifs is 2. The number of ether oxygens (including phenoxy) is 2. The van der Waals surface area contributed by atoms with Crippen LogP contribution in [0.15, 0.2) is 0 Å². The molecule has 2 saturated carbocycles. The van der Waals surface area contributed by atoms with Gasteiger partial charge in [0.05, 0.1) is 25.6 Å². The minimum Gasteiger partial charge on any atom is -0.481 e. The molecular weight excluding hydrogens is 284 g/mol. The Morgan fingerprint density at radius 2 is 1.62 bits per heavy atom. The molecule has 4 atom stereocenters. The van der Waals surface area contributed by atoms with Crippen LogP contribution in [0.4, 0.5) is 0 Å². The Morgan fingerprint density at radius 1 is 1.05 bits per heavy atom. The van der Waals surface area contributed by atoms with Crippen molar-refractivity contribution in [2.24, 2.45) is 22.7 Å². The Hall–Kier alpha value is -2.12. The molecule has 0 aromatic rings. The molecule has 0 aromatic carbocycles. The molecule has 21 heavy (non-hydrogen) atoms. The van der Waals surface area contributed by atoms with Gasteiger partial charge in [0.1, 0.15) is 0 Å². The largest absolute Gasteiger partial charge is 0.481 e. The summed E-state index contributed by atoms with van der Waals surface area (Å²) >= 11 is 0. The third-order valence-corrected chi connectivity index (χ3v) is 4.93. The normalized spacial score (nSPS) is 37.0. The Bertz CT molecular complexity index is 526. The maximum Gasteiger partial charge on any atom is 0.325 e. The molecule has 0 heterocycles. The molecule has 2 bridgehead atoms. The van der Waals surface area contributed by atoms with Crippen molar-refractivity contribution < 1.29 is 38.9 Å². The molecule has 2 aliphatic carbocycles. The molecule has 4 unspecified atom stereocenters. The molecule has 0 amide bonds. The van der Waals surface area contributed by atoms with Crippen LogP contribution in [0.25, 0.3) is 0 Å². The smallest absolute Gasteiger partial charge is 0.325 e. The van der Waals surface area contributed by atoms with Crippen molar-refractivity contribution in [2.75, 3.05) is 14.2 Å². The topological polar surface area (TPSA) is 127 Å². The van der Waals surface area contributed by atoms with Crippen LogP contribution in [-0.2, 0) is 28.7 Å². The SMILES string of the molecule is COC(=O)C12CCC(C1)C(C(=O)O)C2(C(=O)O)C(=O)OC. The summed E-state index contributed by atoms with van der Waals surface area (Å²) < 4.78 is 9.24. The van der Waals surface area contributed by atoms with E-state index < -0.39 is 46.5 Å². The van der Waals surface area contributed by atoms with Gasteiger partial charge in [0.25, 0.3) is 0 Å². The highest BCUT2D eigenvalue weighted by atomic mass is 16.5. The number of hydrogen-bond acceptors (Lipinski definition) is 6. The van der Waals surface area contributed by atoms with Gasteiger partial charge in [0, 0.05) is 0 Å². The Morgan fingerprint density at radius 3 is 2.05 bits per heavy atom. The summed E-state index contributed by atoms with van der Waals surface area (Å²) in [7, 11) is 2.06. The predicted molar refractivity (Wildman–Crippen MR) is 65.0 cm³/mol. The van der Waals surface area contributed by atoms with Crippen molar-refractivity contribution in [1.29, 1.82) is 0 Å². The molecule has 2 rings (SSSR count). The fourth-order valence-corrected chi connectivity index (χ4v) is 4.21. The Balaban J connectivity index is 2.74. The molecule has 2 fully saturated rings. The minimum absolute atomic E-state index is 0.00194. The summed E-state index contributed by atoms with van der Waals surface area (Å²) in [4.78, 5) is 47.9. The van der Waals surface area contributed by atoms with Crippen LogP contribution in [0.1, 0.15) is 19.3 Å². The number of methoxy groups -OCH3 is 2. The van der Waals surface area contributed by atoms with Crippen LogP contribution >= 0.6 is 0 Å². The lowest BCUT2D eigenvalue weighted by Gasteiger charge is -2.41. The molecule has 2 aliphatic rings. The molecule has 0 saturated heterocycles. The zero-order valence-electron chi connectivity index (χ0n) is 11.6. The first-order valence-electron chi connectivity index (χ1n) is 6.42. The van der Waals surface area contributed by atoms with Crippen molar-refractivity contribution in [3.8, 4) is 0 Å². The Labute approximate surface area is 120 Å². The van der Waals surface area contributed by atoms with Crippen molar-refractivity contribution in [3.05, 3.63) is 0 Å². The molecule has 8 heteroatoms. The van der Waals surface area contributed by atoms with E-state index in [1.807, 2.05) is 0 Å². The number of carbonyl (C=O) groups excluding carboxylic acids is 2. The van der Waals surface area contributed by atoms with E-state index in [2.05, 4.69) is 9.47 Å². The summed E-state index contributed by atoms with van der Waals surface area (Å²) in [5.41, 5.74) is -4.13. The minimum atomic E-state index is -2.44. The molecule has 0 radical (unpaired) electrons. The van der Waals surface area contributed by atoms with Crippen LogP contribution in [-0.4, -0.2) is 48.3 Å². The lowest BCUT2D eigenvalue weighted by molar-refractivity contribution is -0.196. The summed E-state index contributed by atoms with van der Waals surface area (Å²) in [6, 6.07) is 0. The van der Waals surface area contributed by atoms with Gasteiger partial charge in [-0.25, -0.2) is 0 Å².